The monoisotopic (exact) mass is 472 g/mol. The number of nitrogens with zero attached hydrogens (tertiary/aromatic N) is 6. The van der Waals surface area contributed by atoms with Crippen LogP contribution in [-0.2, 0) is 4.79 Å². The SMILES string of the molecule is NC(=O)C1CCN(c2ccc([N+](=O)[O-])cc2[C@@H](Nc2ccccn2)n2nnc3ccccc32)CC1. The summed E-state index contributed by atoms with van der Waals surface area (Å²) in [6, 6.07) is 17.8. The van der Waals surface area contributed by atoms with E-state index in [1.807, 2.05) is 42.5 Å². The van der Waals surface area contributed by atoms with E-state index in [4.69, 9.17) is 5.73 Å². The molecule has 1 saturated heterocycles. The van der Waals surface area contributed by atoms with E-state index in [1.54, 1.807) is 23.0 Å². The summed E-state index contributed by atoms with van der Waals surface area (Å²) < 4.78 is 1.71. The van der Waals surface area contributed by atoms with E-state index in [0.717, 1.165) is 11.2 Å². The van der Waals surface area contributed by atoms with E-state index in [2.05, 4.69) is 25.5 Å². The predicted octanol–water partition coefficient (Wildman–Crippen LogP) is 3.10. The van der Waals surface area contributed by atoms with Gasteiger partial charge < -0.3 is 16.0 Å². The minimum absolute atomic E-state index is 0.0342. The number of pyridine rings is 1. The van der Waals surface area contributed by atoms with Gasteiger partial charge in [0.2, 0.25) is 5.91 Å². The molecule has 1 amide bonds. The maximum Gasteiger partial charge on any atom is 0.270 e. The molecule has 3 heterocycles. The number of carbonyl (C=O) groups is 1. The number of aromatic nitrogens is 4. The molecule has 11 heteroatoms. The minimum atomic E-state index is -0.638. The smallest absolute Gasteiger partial charge is 0.270 e. The van der Waals surface area contributed by atoms with Gasteiger partial charge in [0.1, 0.15) is 11.3 Å². The van der Waals surface area contributed by atoms with Crippen LogP contribution in [0.2, 0.25) is 0 Å². The molecule has 1 atom stereocenters. The first kappa shape index (κ1) is 22.3. The quantitative estimate of drug-likeness (QED) is 0.308. The normalized spacial score (nSPS) is 15.1. The Kier molecular flexibility index (Phi) is 5.96. The first-order chi connectivity index (χ1) is 17.0. The number of nitrogens with one attached hydrogen (secondary N) is 1. The molecule has 0 unspecified atom stereocenters. The number of carbonyl (C=O) groups excluding carboxylic acids is 1. The Morgan fingerprint density at radius 2 is 1.89 bits per heavy atom. The van der Waals surface area contributed by atoms with E-state index in [0.29, 0.717) is 42.8 Å². The van der Waals surface area contributed by atoms with E-state index < -0.39 is 11.1 Å². The average molecular weight is 473 g/mol. The Morgan fingerprint density at radius 3 is 2.60 bits per heavy atom. The van der Waals surface area contributed by atoms with Crippen molar-refractivity contribution in [2.75, 3.05) is 23.3 Å². The first-order valence-electron chi connectivity index (χ1n) is 11.3. The molecular formula is C24H24N8O3. The molecule has 1 aliphatic heterocycles. The fourth-order valence-corrected chi connectivity index (χ4v) is 4.50. The van der Waals surface area contributed by atoms with Crippen LogP contribution in [0.3, 0.4) is 0 Å². The molecule has 0 saturated carbocycles. The fraction of sp³-hybridized carbons (Fsp3) is 0.250. The molecule has 11 nitrogen and oxygen atoms in total. The number of anilines is 2. The van der Waals surface area contributed by atoms with Crippen LogP contribution in [0.25, 0.3) is 11.0 Å². The lowest BCUT2D eigenvalue weighted by Crippen LogP contribution is -2.39. The van der Waals surface area contributed by atoms with Gasteiger partial charge >= 0.3 is 0 Å². The molecule has 1 fully saturated rings. The molecule has 2 aromatic heterocycles. The summed E-state index contributed by atoms with van der Waals surface area (Å²) in [6.45, 7) is 1.21. The largest absolute Gasteiger partial charge is 0.371 e. The van der Waals surface area contributed by atoms with Gasteiger partial charge in [0.05, 0.1) is 10.4 Å². The number of benzene rings is 2. The number of rotatable bonds is 7. The molecule has 1 aliphatic rings. The molecule has 5 rings (SSSR count). The molecule has 0 radical (unpaired) electrons. The topological polar surface area (TPSA) is 145 Å². The lowest BCUT2D eigenvalue weighted by molar-refractivity contribution is -0.384. The van der Waals surface area contributed by atoms with Gasteiger partial charge in [0, 0.05) is 48.6 Å². The van der Waals surface area contributed by atoms with Crippen LogP contribution < -0.4 is 16.0 Å². The number of hydrogen-bond donors (Lipinski definition) is 2. The van der Waals surface area contributed by atoms with Crippen molar-refractivity contribution in [2.45, 2.75) is 19.0 Å². The molecule has 0 aliphatic carbocycles. The third-order valence-electron chi connectivity index (χ3n) is 6.33. The maximum atomic E-state index is 11.7. The van der Waals surface area contributed by atoms with Crippen LogP contribution in [0.4, 0.5) is 17.2 Å². The van der Waals surface area contributed by atoms with Crippen molar-refractivity contribution >= 4 is 34.1 Å². The molecule has 178 valence electrons. The van der Waals surface area contributed by atoms with Crippen molar-refractivity contribution in [2.24, 2.45) is 11.7 Å². The molecule has 2 aromatic carbocycles. The summed E-state index contributed by atoms with van der Waals surface area (Å²) in [5, 5.41) is 23.8. The summed E-state index contributed by atoms with van der Waals surface area (Å²) in [6.07, 6.45) is 2.27. The molecule has 0 bridgehead atoms. The van der Waals surface area contributed by atoms with Gasteiger partial charge in [-0.15, -0.1) is 5.10 Å². The van der Waals surface area contributed by atoms with Gasteiger partial charge in [0.15, 0.2) is 6.17 Å². The highest BCUT2D eigenvalue weighted by Gasteiger charge is 2.29. The number of piperidine rings is 1. The van der Waals surface area contributed by atoms with Crippen molar-refractivity contribution in [3.63, 3.8) is 0 Å². The Morgan fingerprint density at radius 1 is 1.11 bits per heavy atom. The number of nitro groups is 1. The predicted molar refractivity (Wildman–Crippen MR) is 131 cm³/mol. The Labute approximate surface area is 200 Å². The van der Waals surface area contributed by atoms with Crippen molar-refractivity contribution in [1.29, 1.82) is 0 Å². The number of nitro benzene ring substituents is 1. The third kappa shape index (κ3) is 4.47. The molecule has 35 heavy (non-hydrogen) atoms. The second-order valence-electron chi connectivity index (χ2n) is 8.45. The molecule has 0 spiro atoms. The number of amides is 1. The van der Waals surface area contributed by atoms with Crippen LogP contribution in [0.15, 0.2) is 66.9 Å². The highest BCUT2D eigenvalue weighted by Crippen LogP contribution is 2.36. The number of fused-ring (bicyclic) bond motifs is 1. The number of primary amides is 1. The van der Waals surface area contributed by atoms with Gasteiger partial charge in [-0.25, -0.2) is 9.67 Å². The van der Waals surface area contributed by atoms with Crippen LogP contribution in [-0.4, -0.2) is 43.9 Å². The fourth-order valence-electron chi connectivity index (χ4n) is 4.50. The standard InChI is InChI=1S/C24H24N8O3/c25-23(33)16-10-13-30(14-11-16)20-9-8-17(32(34)35)15-18(20)24(27-22-7-3-4-12-26-22)31-21-6-2-1-5-19(21)28-29-31/h1-9,12,15-16,24H,10-11,13-14H2,(H2,25,33)(H,26,27)/t24-/m0/s1. The Balaban J connectivity index is 1.63. The first-order valence-corrected chi connectivity index (χ1v) is 11.3. The zero-order valence-electron chi connectivity index (χ0n) is 18.8. The van der Waals surface area contributed by atoms with Crippen LogP contribution in [0.1, 0.15) is 24.6 Å². The molecule has 4 aromatic rings. The van der Waals surface area contributed by atoms with Gasteiger partial charge in [-0.05, 0) is 43.2 Å². The van der Waals surface area contributed by atoms with Crippen molar-refractivity contribution in [3.8, 4) is 0 Å². The van der Waals surface area contributed by atoms with Gasteiger partial charge in [-0.3, -0.25) is 14.9 Å². The molecule has 3 N–H and O–H groups in total. The maximum absolute atomic E-state index is 11.7. The Hall–Kier alpha value is -4.54. The number of nitrogens with two attached hydrogens (primary N) is 1. The van der Waals surface area contributed by atoms with Crippen molar-refractivity contribution in [3.05, 3.63) is 82.5 Å². The summed E-state index contributed by atoms with van der Waals surface area (Å²) in [7, 11) is 0. The summed E-state index contributed by atoms with van der Waals surface area (Å²) in [4.78, 5) is 29.5. The lowest BCUT2D eigenvalue weighted by Gasteiger charge is -2.35. The third-order valence-corrected chi connectivity index (χ3v) is 6.33. The van der Waals surface area contributed by atoms with Gasteiger partial charge in [-0.1, -0.05) is 23.4 Å². The van der Waals surface area contributed by atoms with Gasteiger partial charge in [0.25, 0.3) is 5.69 Å². The summed E-state index contributed by atoms with van der Waals surface area (Å²) in [5.74, 6) is 0.119. The summed E-state index contributed by atoms with van der Waals surface area (Å²) in [5.41, 5.74) is 8.42. The second kappa shape index (κ2) is 9.37. The number of para-hydroxylation sites is 1. The van der Waals surface area contributed by atoms with Crippen molar-refractivity contribution in [1.82, 2.24) is 20.0 Å². The van der Waals surface area contributed by atoms with E-state index >= 15 is 0 Å². The number of non-ortho nitro benzene ring substituents is 1. The minimum Gasteiger partial charge on any atom is -0.371 e. The summed E-state index contributed by atoms with van der Waals surface area (Å²) >= 11 is 0. The zero-order chi connectivity index (χ0) is 24.4. The van der Waals surface area contributed by atoms with Crippen LogP contribution >= 0.6 is 0 Å². The molecular weight excluding hydrogens is 448 g/mol. The highest BCUT2D eigenvalue weighted by atomic mass is 16.6. The Bertz CT molecular complexity index is 1370. The second-order valence-corrected chi connectivity index (χ2v) is 8.45. The van der Waals surface area contributed by atoms with Crippen LogP contribution in [0.5, 0.6) is 0 Å². The van der Waals surface area contributed by atoms with E-state index in [-0.39, 0.29) is 17.5 Å². The van der Waals surface area contributed by atoms with Crippen LogP contribution in [0, 0.1) is 16.0 Å². The van der Waals surface area contributed by atoms with E-state index in [9.17, 15) is 14.9 Å². The van der Waals surface area contributed by atoms with E-state index in [1.165, 1.54) is 6.07 Å². The number of hydrogen-bond acceptors (Lipinski definition) is 8. The average Bonchev–Trinajstić information content (AvgIpc) is 3.31. The van der Waals surface area contributed by atoms with Gasteiger partial charge in [-0.2, -0.15) is 0 Å². The zero-order valence-corrected chi connectivity index (χ0v) is 18.8. The highest BCUT2D eigenvalue weighted by molar-refractivity contribution is 5.77. The van der Waals surface area contributed by atoms with Crippen molar-refractivity contribution < 1.29 is 9.72 Å². The lowest BCUT2D eigenvalue weighted by atomic mass is 9.95.